The maximum atomic E-state index is 13.9. The van der Waals surface area contributed by atoms with Crippen LogP contribution in [0.15, 0.2) is 120 Å². The number of hydrazine groups is 1. The van der Waals surface area contributed by atoms with Crippen molar-refractivity contribution in [3.8, 4) is 0 Å². The van der Waals surface area contributed by atoms with E-state index in [9.17, 15) is 13.2 Å². The third kappa shape index (κ3) is 3.47. The molecule has 5 aromatic carbocycles. The van der Waals surface area contributed by atoms with Gasteiger partial charge in [0, 0.05) is 5.39 Å². The van der Waals surface area contributed by atoms with Gasteiger partial charge in [-0.1, -0.05) is 91.0 Å². The number of amides is 1. The second-order valence-electron chi connectivity index (χ2n) is 9.52. The summed E-state index contributed by atoms with van der Waals surface area (Å²) in [6.07, 6.45) is 2.02. The van der Waals surface area contributed by atoms with Crippen molar-refractivity contribution in [3.05, 3.63) is 126 Å². The molecule has 1 amide bonds. The molecule has 0 saturated heterocycles. The van der Waals surface area contributed by atoms with E-state index in [4.69, 9.17) is 0 Å². The van der Waals surface area contributed by atoms with E-state index in [2.05, 4.69) is 29.7 Å². The van der Waals surface area contributed by atoms with Crippen molar-refractivity contribution in [1.82, 2.24) is 10.4 Å². The molecule has 0 bridgehead atoms. The van der Waals surface area contributed by atoms with Crippen LogP contribution in [0.25, 0.3) is 27.2 Å². The maximum absolute atomic E-state index is 13.9. The summed E-state index contributed by atoms with van der Waals surface area (Å²) in [7, 11) is -3.85. The Morgan fingerprint density at radius 1 is 0.763 bits per heavy atom. The van der Waals surface area contributed by atoms with Gasteiger partial charge >= 0.3 is 0 Å². The predicted octanol–water partition coefficient (Wildman–Crippen LogP) is 5.63. The quantitative estimate of drug-likeness (QED) is 0.335. The fraction of sp³-hybridized carbons (Fsp3) is 0.0645. The molecule has 7 heteroatoms. The zero-order valence-corrected chi connectivity index (χ0v) is 21.1. The SMILES string of the molecule is O=C(CN1c2cccc3cccc(c23)S1(=O)=O)N1NC(c2ccc3ccccc3c2)=C[C@@H]1c1ccccc1. The van der Waals surface area contributed by atoms with Crippen LogP contribution in [0.3, 0.4) is 0 Å². The molecule has 7 rings (SSSR count). The minimum absolute atomic E-state index is 0.238. The number of rotatable bonds is 4. The fourth-order valence-corrected chi connectivity index (χ4v) is 7.09. The number of nitrogens with zero attached hydrogens (tertiary/aromatic N) is 2. The lowest BCUT2D eigenvalue weighted by Crippen LogP contribution is -2.46. The smallest absolute Gasteiger partial charge is 0.265 e. The van der Waals surface area contributed by atoms with E-state index in [-0.39, 0.29) is 17.3 Å². The Hall–Kier alpha value is -4.62. The standard InChI is InChI=1S/C31H23N3O3S/c35-30(20-33-27-14-6-12-23-13-7-15-29(31(23)27)38(33,36)37)34-28(22-9-2-1-3-10-22)19-26(32-34)25-17-16-21-8-4-5-11-24(21)18-25/h1-19,28,32H,20H2/t28-/m1/s1. The minimum atomic E-state index is -3.85. The number of nitrogens with one attached hydrogen (secondary N) is 1. The second kappa shape index (κ2) is 8.46. The monoisotopic (exact) mass is 517 g/mol. The van der Waals surface area contributed by atoms with Crippen LogP contribution in [0.5, 0.6) is 0 Å². The van der Waals surface area contributed by atoms with Crippen LogP contribution in [0.1, 0.15) is 17.2 Å². The number of hydrogen-bond acceptors (Lipinski definition) is 4. The van der Waals surface area contributed by atoms with Crippen molar-refractivity contribution in [2.75, 3.05) is 10.8 Å². The Bertz CT molecular complexity index is 1880. The van der Waals surface area contributed by atoms with E-state index in [0.29, 0.717) is 11.1 Å². The summed E-state index contributed by atoms with van der Waals surface area (Å²) in [6, 6.07) is 34.3. The molecule has 2 aliphatic heterocycles. The first-order valence-corrected chi connectivity index (χ1v) is 13.8. The summed E-state index contributed by atoms with van der Waals surface area (Å²) >= 11 is 0. The van der Waals surface area contributed by atoms with Crippen molar-refractivity contribution < 1.29 is 13.2 Å². The molecule has 2 aliphatic rings. The van der Waals surface area contributed by atoms with Gasteiger partial charge in [-0.05, 0) is 51.6 Å². The van der Waals surface area contributed by atoms with Crippen molar-refractivity contribution in [2.45, 2.75) is 10.9 Å². The molecule has 38 heavy (non-hydrogen) atoms. The molecule has 0 aromatic heterocycles. The molecule has 0 fully saturated rings. The van der Waals surface area contributed by atoms with Gasteiger partial charge in [0.15, 0.2) is 0 Å². The highest BCUT2D eigenvalue weighted by Gasteiger charge is 2.39. The Morgan fingerprint density at radius 3 is 2.29 bits per heavy atom. The Morgan fingerprint density at radius 2 is 1.47 bits per heavy atom. The number of hydrogen-bond donors (Lipinski definition) is 1. The topological polar surface area (TPSA) is 69.7 Å². The molecule has 5 aromatic rings. The normalized spacial score (nSPS) is 17.6. The first-order valence-electron chi connectivity index (χ1n) is 12.4. The molecule has 0 aliphatic carbocycles. The van der Waals surface area contributed by atoms with Crippen LogP contribution >= 0.6 is 0 Å². The number of anilines is 1. The number of carbonyl (C=O) groups excluding carboxylic acids is 1. The largest absolute Gasteiger partial charge is 0.295 e. The molecule has 0 radical (unpaired) electrons. The summed E-state index contributed by atoms with van der Waals surface area (Å²) in [5, 5.41) is 5.27. The lowest BCUT2D eigenvalue weighted by Gasteiger charge is -2.28. The summed E-state index contributed by atoms with van der Waals surface area (Å²) in [6.45, 7) is -0.314. The second-order valence-corrected chi connectivity index (χ2v) is 11.3. The van der Waals surface area contributed by atoms with Gasteiger partial charge in [-0.2, -0.15) is 0 Å². The highest BCUT2D eigenvalue weighted by Crippen LogP contribution is 2.42. The van der Waals surface area contributed by atoms with Gasteiger partial charge in [0.1, 0.15) is 6.54 Å². The van der Waals surface area contributed by atoms with Gasteiger partial charge < -0.3 is 0 Å². The molecule has 2 heterocycles. The Balaban J connectivity index is 1.25. The summed E-state index contributed by atoms with van der Waals surface area (Å²) in [5.41, 5.74) is 6.50. The Labute approximate surface area is 220 Å². The van der Waals surface area contributed by atoms with Crippen LogP contribution in [0.4, 0.5) is 5.69 Å². The molecule has 186 valence electrons. The third-order valence-corrected chi connectivity index (χ3v) is 9.08. The predicted molar refractivity (Wildman–Crippen MR) is 150 cm³/mol. The molecular weight excluding hydrogens is 494 g/mol. The van der Waals surface area contributed by atoms with Crippen molar-refractivity contribution in [3.63, 3.8) is 0 Å². The minimum Gasteiger partial charge on any atom is -0.295 e. The van der Waals surface area contributed by atoms with Gasteiger partial charge in [0.25, 0.3) is 15.9 Å². The van der Waals surface area contributed by atoms with Crippen LogP contribution < -0.4 is 9.73 Å². The van der Waals surface area contributed by atoms with Crippen LogP contribution in [0.2, 0.25) is 0 Å². The summed E-state index contributed by atoms with van der Waals surface area (Å²) in [5.74, 6) is -0.348. The Kier molecular flexibility index (Phi) is 5.03. The van der Waals surface area contributed by atoms with Crippen molar-refractivity contribution in [2.24, 2.45) is 0 Å². The van der Waals surface area contributed by atoms with E-state index in [1.54, 1.807) is 23.2 Å². The first kappa shape index (κ1) is 22.6. The zero-order valence-electron chi connectivity index (χ0n) is 20.3. The molecule has 1 N–H and O–H groups in total. The third-order valence-electron chi connectivity index (χ3n) is 7.27. The van der Waals surface area contributed by atoms with E-state index in [0.717, 1.165) is 33.0 Å². The molecule has 0 spiro atoms. The van der Waals surface area contributed by atoms with Gasteiger partial charge in [0.2, 0.25) is 0 Å². The molecule has 0 saturated carbocycles. The lowest BCUT2D eigenvalue weighted by molar-refractivity contribution is -0.132. The molecule has 1 atom stereocenters. The summed E-state index contributed by atoms with van der Waals surface area (Å²) < 4.78 is 28.2. The van der Waals surface area contributed by atoms with Crippen molar-refractivity contribution in [1.29, 1.82) is 0 Å². The number of sulfonamides is 1. The van der Waals surface area contributed by atoms with E-state index in [1.165, 1.54) is 4.31 Å². The number of carbonyl (C=O) groups is 1. The zero-order chi connectivity index (χ0) is 25.9. The maximum Gasteiger partial charge on any atom is 0.265 e. The van der Waals surface area contributed by atoms with Crippen LogP contribution in [-0.4, -0.2) is 25.9 Å². The molecular formula is C31H23N3O3S. The van der Waals surface area contributed by atoms with Gasteiger partial charge in [-0.15, -0.1) is 0 Å². The van der Waals surface area contributed by atoms with E-state index < -0.39 is 16.1 Å². The van der Waals surface area contributed by atoms with E-state index >= 15 is 0 Å². The lowest BCUT2D eigenvalue weighted by atomic mass is 10.0. The van der Waals surface area contributed by atoms with Crippen molar-refractivity contribution >= 4 is 48.9 Å². The average molecular weight is 518 g/mol. The van der Waals surface area contributed by atoms with Gasteiger partial charge in [-0.3, -0.25) is 14.5 Å². The number of fused-ring (bicyclic) bond motifs is 1. The number of benzene rings is 5. The van der Waals surface area contributed by atoms with Gasteiger partial charge in [-0.25, -0.2) is 13.4 Å². The highest BCUT2D eigenvalue weighted by atomic mass is 32.2. The molecule has 6 nitrogen and oxygen atoms in total. The fourth-order valence-electron chi connectivity index (χ4n) is 5.43. The van der Waals surface area contributed by atoms with Crippen LogP contribution in [0, 0.1) is 0 Å². The summed E-state index contributed by atoms with van der Waals surface area (Å²) in [4.78, 5) is 14.1. The van der Waals surface area contributed by atoms with Crippen LogP contribution in [-0.2, 0) is 14.8 Å². The molecule has 0 unspecified atom stereocenters. The first-order chi connectivity index (χ1) is 18.5. The van der Waals surface area contributed by atoms with Gasteiger partial charge in [0.05, 0.1) is 22.3 Å². The average Bonchev–Trinajstić information content (AvgIpc) is 3.49. The highest BCUT2D eigenvalue weighted by molar-refractivity contribution is 7.93. The van der Waals surface area contributed by atoms with E-state index in [1.807, 2.05) is 72.8 Å².